The van der Waals surface area contributed by atoms with Crippen LogP contribution in [0.25, 0.3) is 17.0 Å². The molecule has 0 saturated heterocycles. The molecule has 0 radical (unpaired) electrons. The van der Waals surface area contributed by atoms with Crippen LogP contribution < -0.4 is 10.1 Å². The zero-order chi connectivity index (χ0) is 23.9. The molecule has 0 fully saturated rings. The number of nitrogens with one attached hydrogen (secondary N) is 2. The summed E-state index contributed by atoms with van der Waals surface area (Å²) in [6, 6.07) is 15.4. The average Bonchev–Trinajstić information content (AvgIpc) is 3.48. The first-order chi connectivity index (χ1) is 17.1. The zero-order valence-electron chi connectivity index (χ0n) is 18.7. The number of aromatic amines is 1. The van der Waals surface area contributed by atoms with Gasteiger partial charge in [-0.2, -0.15) is 9.78 Å². The highest BCUT2D eigenvalue weighted by Crippen LogP contribution is 2.40. The number of ether oxygens (including phenoxy) is 1. The van der Waals surface area contributed by atoms with Gasteiger partial charge in [0, 0.05) is 28.5 Å². The number of nitrogens with zero attached hydrogens (tertiary/aromatic N) is 5. The van der Waals surface area contributed by atoms with Gasteiger partial charge in [0.1, 0.15) is 30.0 Å². The molecule has 1 amide bonds. The van der Waals surface area contributed by atoms with Crippen LogP contribution in [0.1, 0.15) is 34.7 Å². The highest BCUT2D eigenvalue weighted by molar-refractivity contribution is 6.31. The van der Waals surface area contributed by atoms with E-state index in [1.165, 1.54) is 6.33 Å². The molecule has 3 aromatic heterocycles. The average molecular weight is 486 g/mol. The van der Waals surface area contributed by atoms with E-state index in [-0.39, 0.29) is 11.8 Å². The molecule has 1 aliphatic heterocycles. The highest BCUT2D eigenvalue weighted by Gasteiger charge is 2.33. The van der Waals surface area contributed by atoms with Gasteiger partial charge in [-0.3, -0.25) is 4.79 Å². The summed E-state index contributed by atoms with van der Waals surface area (Å²) in [5, 5.41) is 8.38. The van der Waals surface area contributed by atoms with E-state index < -0.39 is 0 Å². The van der Waals surface area contributed by atoms with Crippen LogP contribution in [0.15, 0.2) is 61.2 Å². The van der Waals surface area contributed by atoms with Gasteiger partial charge in [-0.05, 0) is 30.7 Å². The minimum Gasteiger partial charge on any atom is -0.489 e. The first-order valence-electron chi connectivity index (χ1n) is 11.1. The number of anilines is 1. The molecule has 174 valence electrons. The Morgan fingerprint density at radius 3 is 2.77 bits per heavy atom. The molecular weight excluding hydrogens is 466 g/mol. The monoisotopic (exact) mass is 485 g/mol. The molecule has 0 saturated carbocycles. The third kappa shape index (κ3) is 3.79. The van der Waals surface area contributed by atoms with Crippen LogP contribution in [0.4, 0.5) is 5.82 Å². The van der Waals surface area contributed by atoms with Crippen molar-refractivity contribution in [3.8, 4) is 11.6 Å². The Morgan fingerprint density at radius 2 is 1.94 bits per heavy atom. The molecule has 2 N–H and O–H groups in total. The quantitative estimate of drug-likeness (QED) is 0.377. The lowest BCUT2D eigenvalue weighted by Gasteiger charge is -2.24. The van der Waals surface area contributed by atoms with Gasteiger partial charge in [-0.1, -0.05) is 41.9 Å². The number of carbonyl (C=O) groups excluding carboxylic acids is 1. The molecule has 1 aliphatic rings. The third-order valence-corrected chi connectivity index (χ3v) is 6.51. The largest absolute Gasteiger partial charge is 0.489 e. The summed E-state index contributed by atoms with van der Waals surface area (Å²) in [6.45, 7) is 2.31. The predicted molar refractivity (Wildman–Crippen MR) is 131 cm³/mol. The van der Waals surface area contributed by atoms with Gasteiger partial charge in [0.25, 0.3) is 0 Å². The Bertz CT molecular complexity index is 1560. The Morgan fingerprint density at radius 1 is 1.11 bits per heavy atom. The normalized spacial score (nSPS) is 15.1. The molecule has 1 unspecified atom stereocenters. The summed E-state index contributed by atoms with van der Waals surface area (Å²) in [5.41, 5.74) is 4.88. The molecular formula is C25H20ClN7O2. The van der Waals surface area contributed by atoms with Crippen molar-refractivity contribution in [3.05, 3.63) is 88.6 Å². The summed E-state index contributed by atoms with van der Waals surface area (Å²) in [4.78, 5) is 28.6. The molecule has 2 aromatic carbocycles. The number of carbonyl (C=O) groups is 1. The number of benzene rings is 2. The van der Waals surface area contributed by atoms with E-state index in [0.29, 0.717) is 40.8 Å². The minimum absolute atomic E-state index is 0.0855. The van der Waals surface area contributed by atoms with Crippen LogP contribution in [-0.4, -0.2) is 35.6 Å². The number of halogens is 1. The van der Waals surface area contributed by atoms with E-state index in [1.54, 1.807) is 11.0 Å². The van der Waals surface area contributed by atoms with E-state index in [9.17, 15) is 4.79 Å². The number of imidazole rings is 1. The fourth-order valence-corrected chi connectivity index (χ4v) is 4.66. The van der Waals surface area contributed by atoms with Crippen molar-refractivity contribution in [2.24, 2.45) is 0 Å². The lowest BCUT2D eigenvalue weighted by Crippen LogP contribution is -2.25. The molecule has 4 heterocycles. The summed E-state index contributed by atoms with van der Waals surface area (Å²) < 4.78 is 7.57. The highest BCUT2D eigenvalue weighted by atomic mass is 35.5. The van der Waals surface area contributed by atoms with Crippen LogP contribution in [-0.2, 0) is 11.4 Å². The van der Waals surface area contributed by atoms with E-state index >= 15 is 0 Å². The maximum Gasteiger partial charge on any atom is 0.226 e. The van der Waals surface area contributed by atoms with Gasteiger partial charge in [-0.15, -0.1) is 0 Å². The SMILES string of the molecule is Cc1nn(-c2ncnc3nc[nH]c23)c2c1C(c1ccc(OCc3ccccc3Cl)cc1)CC(=O)N2. The number of aryl methyl sites for hydroxylation is 1. The van der Waals surface area contributed by atoms with E-state index in [4.69, 9.17) is 21.4 Å². The van der Waals surface area contributed by atoms with Gasteiger partial charge in [0.15, 0.2) is 11.5 Å². The second kappa shape index (κ2) is 8.52. The fraction of sp³-hybridized carbons (Fsp3) is 0.160. The summed E-state index contributed by atoms with van der Waals surface area (Å²) in [6.07, 6.45) is 3.32. The van der Waals surface area contributed by atoms with Crippen molar-refractivity contribution in [2.45, 2.75) is 25.9 Å². The van der Waals surface area contributed by atoms with Crippen LogP contribution >= 0.6 is 11.6 Å². The fourth-order valence-electron chi connectivity index (χ4n) is 4.47. The second-order valence-electron chi connectivity index (χ2n) is 8.31. The number of rotatable bonds is 5. The summed E-state index contributed by atoms with van der Waals surface area (Å²) in [5.74, 6) is 1.63. The third-order valence-electron chi connectivity index (χ3n) is 6.14. The van der Waals surface area contributed by atoms with Gasteiger partial charge >= 0.3 is 0 Å². The Labute approximate surface area is 205 Å². The number of hydrogen-bond acceptors (Lipinski definition) is 6. The first kappa shape index (κ1) is 21.3. The van der Waals surface area contributed by atoms with Gasteiger partial charge < -0.3 is 15.0 Å². The summed E-state index contributed by atoms with van der Waals surface area (Å²) in [7, 11) is 0. The van der Waals surface area contributed by atoms with Crippen LogP contribution in [0.5, 0.6) is 5.75 Å². The molecule has 35 heavy (non-hydrogen) atoms. The zero-order valence-corrected chi connectivity index (χ0v) is 19.5. The van der Waals surface area contributed by atoms with Crippen molar-refractivity contribution in [3.63, 3.8) is 0 Å². The van der Waals surface area contributed by atoms with Crippen molar-refractivity contribution in [2.75, 3.05) is 5.32 Å². The van der Waals surface area contributed by atoms with Crippen molar-refractivity contribution in [1.29, 1.82) is 0 Å². The summed E-state index contributed by atoms with van der Waals surface area (Å²) >= 11 is 6.23. The number of amides is 1. The van der Waals surface area contributed by atoms with E-state index in [2.05, 4.69) is 25.3 Å². The lowest BCUT2D eigenvalue weighted by atomic mass is 9.86. The van der Waals surface area contributed by atoms with Crippen molar-refractivity contribution in [1.82, 2.24) is 29.7 Å². The lowest BCUT2D eigenvalue weighted by molar-refractivity contribution is -0.116. The van der Waals surface area contributed by atoms with Crippen molar-refractivity contribution >= 4 is 34.5 Å². The van der Waals surface area contributed by atoms with Gasteiger partial charge in [-0.25, -0.2) is 15.0 Å². The van der Waals surface area contributed by atoms with Crippen LogP contribution in [0, 0.1) is 6.92 Å². The Hall–Kier alpha value is -4.24. The number of aromatic nitrogens is 6. The molecule has 0 spiro atoms. The first-order valence-corrected chi connectivity index (χ1v) is 11.5. The number of H-pyrrole nitrogens is 1. The molecule has 0 aliphatic carbocycles. The molecule has 1 atom stereocenters. The minimum atomic E-state index is -0.149. The molecule has 6 rings (SSSR count). The maximum atomic E-state index is 12.7. The van der Waals surface area contributed by atoms with E-state index in [1.807, 2.05) is 55.5 Å². The number of fused-ring (bicyclic) bond motifs is 2. The van der Waals surface area contributed by atoms with Crippen molar-refractivity contribution < 1.29 is 9.53 Å². The predicted octanol–water partition coefficient (Wildman–Crippen LogP) is 4.55. The van der Waals surface area contributed by atoms with Crippen LogP contribution in [0.3, 0.4) is 0 Å². The van der Waals surface area contributed by atoms with Crippen LogP contribution in [0.2, 0.25) is 5.02 Å². The second-order valence-corrected chi connectivity index (χ2v) is 8.72. The van der Waals surface area contributed by atoms with Gasteiger partial charge in [0.2, 0.25) is 5.91 Å². The number of hydrogen-bond donors (Lipinski definition) is 2. The van der Waals surface area contributed by atoms with Gasteiger partial charge in [0.05, 0.1) is 12.0 Å². The smallest absolute Gasteiger partial charge is 0.226 e. The molecule has 0 bridgehead atoms. The maximum absolute atomic E-state index is 12.7. The Balaban J connectivity index is 1.32. The molecule has 9 nitrogen and oxygen atoms in total. The van der Waals surface area contributed by atoms with E-state index in [0.717, 1.165) is 28.1 Å². The molecule has 5 aromatic rings. The standard InChI is InChI=1S/C25H20ClN7O2/c1-14-21-18(15-6-8-17(9-7-15)35-11-16-4-2-3-5-19(16)26)10-20(34)31-24(21)33(32-14)25-22-23(28-12-27-22)29-13-30-25/h2-9,12-13,18H,10-11H2,1H3,(H,31,34)(H,27,28,29,30). The Kier molecular flexibility index (Phi) is 5.18. The topological polar surface area (TPSA) is 111 Å². The molecule has 10 heteroatoms.